The summed E-state index contributed by atoms with van der Waals surface area (Å²) in [5.74, 6) is -0.555. The van der Waals surface area contributed by atoms with Gasteiger partial charge in [0.25, 0.3) is 5.91 Å². The Kier molecular flexibility index (Phi) is 6.14. The lowest BCUT2D eigenvalue weighted by atomic mass is 10.1. The Morgan fingerprint density at radius 3 is 2.54 bits per heavy atom. The van der Waals surface area contributed by atoms with E-state index in [4.69, 9.17) is 21.1 Å². The van der Waals surface area contributed by atoms with Gasteiger partial charge in [0.05, 0.1) is 14.2 Å². The van der Waals surface area contributed by atoms with E-state index in [1.807, 2.05) is 0 Å². The molecule has 0 fully saturated rings. The summed E-state index contributed by atoms with van der Waals surface area (Å²) in [6.07, 6.45) is 1.78. The standard InChI is InChI=1S/C17H17ClN2O4/c1-23-16-12(4-3-9-19-16)10-14(17(22)24-2)20-15(21)11-5-7-13(18)8-6-11/h3-9,14H,10H2,1-2H3,(H,20,21)/t14-/m0/s1. The van der Waals surface area contributed by atoms with Gasteiger partial charge in [0.2, 0.25) is 5.88 Å². The Hall–Kier alpha value is -2.60. The number of halogens is 1. The molecule has 0 saturated heterocycles. The number of hydrogen-bond donors (Lipinski definition) is 1. The molecule has 2 rings (SSSR count). The molecule has 0 aliphatic rings. The zero-order valence-electron chi connectivity index (χ0n) is 13.3. The predicted octanol–water partition coefficient (Wildman–Crippen LogP) is 2.26. The zero-order chi connectivity index (χ0) is 17.5. The lowest BCUT2D eigenvalue weighted by Crippen LogP contribution is -2.43. The zero-order valence-corrected chi connectivity index (χ0v) is 14.0. The van der Waals surface area contributed by atoms with E-state index in [0.29, 0.717) is 22.0 Å². The number of carbonyl (C=O) groups is 2. The van der Waals surface area contributed by atoms with E-state index in [1.54, 1.807) is 42.6 Å². The van der Waals surface area contributed by atoms with E-state index in [2.05, 4.69) is 10.3 Å². The fourth-order valence-corrected chi connectivity index (χ4v) is 2.29. The normalized spacial score (nSPS) is 11.5. The summed E-state index contributed by atoms with van der Waals surface area (Å²) in [4.78, 5) is 28.4. The van der Waals surface area contributed by atoms with Crippen LogP contribution in [-0.2, 0) is 16.0 Å². The Morgan fingerprint density at radius 1 is 1.21 bits per heavy atom. The Labute approximate surface area is 144 Å². The van der Waals surface area contributed by atoms with Crippen molar-refractivity contribution in [3.8, 4) is 5.88 Å². The molecule has 2 aromatic rings. The number of esters is 1. The third-order valence-corrected chi connectivity index (χ3v) is 3.62. The van der Waals surface area contributed by atoms with Crippen molar-refractivity contribution in [3.63, 3.8) is 0 Å². The highest BCUT2D eigenvalue weighted by Crippen LogP contribution is 2.17. The highest BCUT2D eigenvalue weighted by atomic mass is 35.5. The maximum Gasteiger partial charge on any atom is 0.328 e. The van der Waals surface area contributed by atoms with Crippen molar-refractivity contribution in [2.24, 2.45) is 0 Å². The summed E-state index contributed by atoms with van der Waals surface area (Å²) in [6.45, 7) is 0. The maximum atomic E-state index is 12.3. The Bertz CT molecular complexity index is 719. The maximum absolute atomic E-state index is 12.3. The van der Waals surface area contributed by atoms with Gasteiger partial charge in [-0.05, 0) is 30.3 Å². The minimum absolute atomic E-state index is 0.197. The van der Waals surface area contributed by atoms with Crippen molar-refractivity contribution in [1.82, 2.24) is 10.3 Å². The second-order valence-corrected chi connectivity index (χ2v) is 5.37. The molecular weight excluding hydrogens is 332 g/mol. The van der Waals surface area contributed by atoms with Gasteiger partial charge in [0, 0.05) is 28.8 Å². The van der Waals surface area contributed by atoms with Crippen LogP contribution in [0.3, 0.4) is 0 Å². The molecule has 1 heterocycles. The highest BCUT2D eigenvalue weighted by Gasteiger charge is 2.24. The molecule has 126 valence electrons. The molecule has 0 spiro atoms. The third kappa shape index (κ3) is 4.45. The first-order valence-electron chi connectivity index (χ1n) is 7.17. The summed E-state index contributed by atoms with van der Waals surface area (Å²) in [7, 11) is 2.76. The average molecular weight is 349 g/mol. The Morgan fingerprint density at radius 2 is 1.92 bits per heavy atom. The quantitative estimate of drug-likeness (QED) is 0.810. The molecule has 0 bridgehead atoms. The molecule has 24 heavy (non-hydrogen) atoms. The second-order valence-electron chi connectivity index (χ2n) is 4.93. The monoisotopic (exact) mass is 348 g/mol. The van der Waals surface area contributed by atoms with E-state index in [0.717, 1.165) is 0 Å². The molecule has 0 saturated carbocycles. The number of rotatable bonds is 6. The van der Waals surface area contributed by atoms with Gasteiger partial charge in [-0.1, -0.05) is 17.7 Å². The molecule has 0 aliphatic carbocycles. The highest BCUT2D eigenvalue weighted by molar-refractivity contribution is 6.30. The average Bonchev–Trinajstić information content (AvgIpc) is 2.61. The molecule has 1 atom stereocenters. The lowest BCUT2D eigenvalue weighted by Gasteiger charge is -2.17. The van der Waals surface area contributed by atoms with Crippen LogP contribution in [0, 0.1) is 0 Å². The van der Waals surface area contributed by atoms with Crippen LogP contribution in [0.25, 0.3) is 0 Å². The molecule has 6 nitrogen and oxygen atoms in total. The SMILES string of the molecule is COC(=O)[C@H](Cc1cccnc1OC)NC(=O)c1ccc(Cl)cc1. The summed E-state index contributed by atoms with van der Waals surface area (Å²) < 4.78 is 9.95. The van der Waals surface area contributed by atoms with Gasteiger partial charge >= 0.3 is 5.97 Å². The van der Waals surface area contributed by atoms with Crippen LogP contribution in [0.4, 0.5) is 0 Å². The molecular formula is C17H17ClN2O4. The van der Waals surface area contributed by atoms with Crippen LogP contribution >= 0.6 is 11.6 Å². The van der Waals surface area contributed by atoms with Crippen molar-refractivity contribution in [2.45, 2.75) is 12.5 Å². The molecule has 1 aromatic carbocycles. The number of methoxy groups -OCH3 is 2. The van der Waals surface area contributed by atoms with Gasteiger partial charge in [-0.2, -0.15) is 0 Å². The first kappa shape index (κ1) is 17.7. The van der Waals surface area contributed by atoms with Gasteiger partial charge in [-0.15, -0.1) is 0 Å². The van der Waals surface area contributed by atoms with E-state index in [1.165, 1.54) is 14.2 Å². The third-order valence-electron chi connectivity index (χ3n) is 3.36. The smallest absolute Gasteiger partial charge is 0.328 e. The van der Waals surface area contributed by atoms with E-state index in [-0.39, 0.29) is 6.42 Å². The number of pyridine rings is 1. The number of amides is 1. The van der Waals surface area contributed by atoms with Crippen LogP contribution in [-0.4, -0.2) is 37.1 Å². The number of hydrogen-bond acceptors (Lipinski definition) is 5. The predicted molar refractivity (Wildman–Crippen MR) is 89.2 cm³/mol. The van der Waals surface area contributed by atoms with Crippen molar-refractivity contribution in [2.75, 3.05) is 14.2 Å². The van der Waals surface area contributed by atoms with Crippen molar-refractivity contribution >= 4 is 23.5 Å². The second kappa shape index (κ2) is 8.31. The summed E-state index contributed by atoms with van der Waals surface area (Å²) in [6, 6.07) is 9.01. The molecule has 0 aliphatic heterocycles. The first-order valence-corrected chi connectivity index (χ1v) is 7.55. The fourth-order valence-electron chi connectivity index (χ4n) is 2.16. The van der Waals surface area contributed by atoms with Crippen LogP contribution in [0.5, 0.6) is 5.88 Å². The van der Waals surface area contributed by atoms with Gasteiger partial charge in [0.15, 0.2) is 0 Å². The van der Waals surface area contributed by atoms with Crippen molar-refractivity contribution < 1.29 is 19.1 Å². The first-order chi connectivity index (χ1) is 11.5. The summed E-state index contributed by atoms with van der Waals surface area (Å²) >= 11 is 5.81. The van der Waals surface area contributed by atoms with Gasteiger partial charge in [-0.25, -0.2) is 9.78 Å². The number of benzene rings is 1. The number of aromatic nitrogens is 1. The van der Waals surface area contributed by atoms with Gasteiger partial charge < -0.3 is 14.8 Å². The largest absolute Gasteiger partial charge is 0.481 e. The topological polar surface area (TPSA) is 77.5 Å². The number of carbonyl (C=O) groups excluding carboxylic acids is 2. The number of nitrogens with one attached hydrogen (secondary N) is 1. The number of ether oxygens (including phenoxy) is 2. The van der Waals surface area contributed by atoms with Crippen LogP contribution < -0.4 is 10.1 Å². The summed E-state index contributed by atoms with van der Waals surface area (Å²) in [5.41, 5.74) is 1.08. The van der Waals surface area contributed by atoms with Crippen LogP contribution in [0.2, 0.25) is 5.02 Å². The van der Waals surface area contributed by atoms with E-state index < -0.39 is 17.9 Å². The molecule has 0 unspecified atom stereocenters. The van der Waals surface area contributed by atoms with Crippen LogP contribution in [0.1, 0.15) is 15.9 Å². The van der Waals surface area contributed by atoms with Gasteiger partial charge in [0.1, 0.15) is 6.04 Å². The summed E-state index contributed by atoms with van der Waals surface area (Å²) in [5, 5.41) is 3.19. The van der Waals surface area contributed by atoms with Crippen LogP contribution in [0.15, 0.2) is 42.6 Å². The van der Waals surface area contributed by atoms with E-state index >= 15 is 0 Å². The van der Waals surface area contributed by atoms with E-state index in [9.17, 15) is 9.59 Å². The van der Waals surface area contributed by atoms with Crippen molar-refractivity contribution in [1.29, 1.82) is 0 Å². The van der Waals surface area contributed by atoms with Gasteiger partial charge in [-0.3, -0.25) is 4.79 Å². The molecule has 0 radical (unpaired) electrons. The fraction of sp³-hybridized carbons (Fsp3) is 0.235. The molecule has 1 amide bonds. The number of nitrogens with zero attached hydrogens (tertiary/aromatic N) is 1. The Balaban J connectivity index is 2.18. The molecule has 1 N–H and O–H groups in total. The molecule has 7 heteroatoms. The van der Waals surface area contributed by atoms with Crippen molar-refractivity contribution in [3.05, 3.63) is 58.7 Å². The minimum atomic E-state index is -0.865. The molecule has 1 aromatic heterocycles. The minimum Gasteiger partial charge on any atom is -0.481 e. The lowest BCUT2D eigenvalue weighted by molar-refractivity contribution is -0.142.